The smallest absolute Gasteiger partial charge is 0.452 e. The van der Waals surface area contributed by atoms with E-state index in [0.717, 1.165) is 37.4 Å². The lowest BCUT2D eigenvalue weighted by molar-refractivity contribution is -0.274. The van der Waals surface area contributed by atoms with E-state index in [4.69, 9.17) is 22.1 Å². The van der Waals surface area contributed by atoms with Gasteiger partial charge in [0.15, 0.2) is 0 Å². The average molecular weight is 809 g/mol. The Morgan fingerprint density at radius 3 is 2.25 bits per heavy atom. The quantitative estimate of drug-likeness (QED) is 0.147. The zero-order chi connectivity index (χ0) is 40.1. The summed E-state index contributed by atoms with van der Waals surface area (Å²) in [7, 11) is -3.25. The van der Waals surface area contributed by atoms with Crippen molar-refractivity contribution in [2.24, 2.45) is 5.73 Å². The summed E-state index contributed by atoms with van der Waals surface area (Å²) in [5.74, 6) is -3.56. The molecule has 4 aromatic carbocycles. The Balaban J connectivity index is 1.45. The summed E-state index contributed by atoms with van der Waals surface area (Å²) in [6, 6.07) is 16.9. The number of rotatable bonds is 12. The molecule has 0 radical (unpaired) electrons. The van der Waals surface area contributed by atoms with Gasteiger partial charge in [-0.1, -0.05) is 41.9 Å². The van der Waals surface area contributed by atoms with Crippen LogP contribution in [0.1, 0.15) is 36.0 Å². The van der Waals surface area contributed by atoms with Gasteiger partial charge in [0.1, 0.15) is 17.4 Å². The second-order valence-electron chi connectivity index (χ2n) is 12.9. The van der Waals surface area contributed by atoms with Gasteiger partial charge in [-0.3, -0.25) is 4.79 Å². The molecule has 0 aromatic heterocycles. The number of carbonyl (C=O) groups is 2. The van der Waals surface area contributed by atoms with E-state index in [9.17, 15) is 35.6 Å². The SMILES string of the molecule is COC(=O)N(C(=O)[C@@H](N)[C@@H](Cc1ccc(F)cc1)c1ccc(Cl)cc1)c1cccc(F)c1CC[C@H]1CNC[C@H](C)N1S(=O)(=O)c1ccc(OC(F)(F)F)cc1. The fourth-order valence-electron chi connectivity index (χ4n) is 6.67. The van der Waals surface area contributed by atoms with Crippen LogP contribution in [0.3, 0.4) is 0 Å². The summed E-state index contributed by atoms with van der Waals surface area (Å²) in [6.07, 6.45) is -6.15. The van der Waals surface area contributed by atoms with Crippen molar-refractivity contribution >= 4 is 39.3 Å². The highest BCUT2D eigenvalue weighted by Gasteiger charge is 2.40. The van der Waals surface area contributed by atoms with Crippen molar-refractivity contribution in [3.63, 3.8) is 0 Å². The van der Waals surface area contributed by atoms with Gasteiger partial charge in [-0.05, 0) is 98.0 Å². The highest BCUT2D eigenvalue weighted by molar-refractivity contribution is 7.89. The topological polar surface area (TPSA) is 131 Å². The monoisotopic (exact) mass is 808 g/mol. The maximum Gasteiger partial charge on any atom is 0.573 e. The largest absolute Gasteiger partial charge is 0.573 e. The molecule has 1 saturated heterocycles. The fraction of sp³-hybridized carbons (Fsp3) is 0.316. The number of carbonyl (C=O) groups excluding carboxylic acids is 2. The van der Waals surface area contributed by atoms with E-state index in [2.05, 4.69) is 10.1 Å². The molecule has 1 aliphatic heterocycles. The first kappa shape index (κ1) is 41.6. The standard InChI is InChI=1S/C38H38ClF5N4O6S/c1-23-21-46-22-28(48(23)55(51,52)30-17-15-29(16-18-30)54-38(42,43)44)14-19-31-33(41)4-3-5-34(31)47(37(50)53-2)36(49)35(45)32(25-8-10-26(39)11-9-25)20-24-6-12-27(40)13-7-24/h3-13,15-18,23,28,32,35,46H,14,19-22,45H2,1-2H3/t23-,28-,32-,35-/m0/s1. The molecule has 1 heterocycles. The molecular weight excluding hydrogens is 771 g/mol. The van der Waals surface area contributed by atoms with Gasteiger partial charge in [-0.25, -0.2) is 26.9 Å². The number of ether oxygens (including phenoxy) is 2. The Labute approximate surface area is 320 Å². The van der Waals surface area contributed by atoms with E-state index in [-0.39, 0.29) is 48.5 Å². The third-order valence-electron chi connectivity index (χ3n) is 9.27. The first-order valence-electron chi connectivity index (χ1n) is 17.0. The second-order valence-corrected chi connectivity index (χ2v) is 15.2. The van der Waals surface area contributed by atoms with Gasteiger partial charge >= 0.3 is 12.5 Å². The zero-order valence-corrected chi connectivity index (χ0v) is 31.2. The van der Waals surface area contributed by atoms with Crippen molar-refractivity contribution in [3.8, 4) is 5.75 Å². The molecule has 55 heavy (non-hydrogen) atoms. The number of benzene rings is 4. The first-order chi connectivity index (χ1) is 26.0. The van der Waals surface area contributed by atoms with E-state index < -0.39 is 69.8 Å². The number of halogens is 6. The molecule has 1 fully saturated rings. The minimum Gasteiger partial charge on any atom is -0.452 e. The van der Waals surface area contributed by atoms with Crippen LogP contribution in [0.25, 0.3) is 0 Å². The number of alkyl halides is 3. The molecule has 0 aliphatic carbocycles. The predicted octanol–water partition coefficient (Wildman–Crippen LogP) is 6.95. The number of nitrogens with one attached hydrogen (secondary N) is 1. The van der Waals surface area contributed by atoms with Crippen molar-refractivity contribution in [1.82, 2.24) is 9.62 Å². The molecule has 10 nitrogen and oxygen atoms in total. The third kappa shape index (κ3) is 9.99. The van der Waals surface area contributed by atoms with Gasteiger partial charge < -0.3 is 20.5 Å². The van der Waals surface area contributed by atoms with Crippen LogP contribution >= 0.6 is 11.6 Å². The number of methoxy groups -OCH3 is 1. The van der Waals surface area contributed by atoms with Crippen molar-refractivity contribution < 1.29 is 49.4 Å². The highest BCUT2D eigenvalue weighted by atomic mass is 35.5. The van der Waals surface area contributed by atoms with Crippen molar-refractivity contribution in [2.75, 3.05) is 25.1 Å². The fourth-order valence-corrected chi connectivity index (χ4v) is 8.64. The normalized spacial score (nSPS) is 17.6. The van der Waals surface area contributed by atoms with E-state index in [1.54, 1.807) is 43.3 Å². The number of nitrogens with zero attached hydrogens (tertiary/aromatic N) is 2. The number of hydrogen-bond acceptors (Lipinski definition) is 8. The maximum absolute atomic E-state index is 15.8. The van der Waals surface area contributed by atoms with Crippen molar-refractivity contribution in [2.45, 2.75) is 61.5 Å². The predicted molar refractivity (Wildman–Crippen MR) is 195 cm³/mol. The van der Waals surface area contributed by atoms with E-state index in [1.807, 2.05) is 0 Å². The first-order valence-corrected chi connectivity index (χ1v) is 18.9. The number of anilines is 1. The van der Waals surface area contributed by atoms with Crippen LogP contribution in [0.4, 0.5) is 32.4 Å². The lowest BCUT2D eigenvalue weighted by Crippen LogP contribution is -2.58. The molecule has 17 heteroatoms. The Bertz CT molecular complexity index is 2070. The number of piperazine rings is 1. The van der Waals surface area contributed by atoms with Crippen LogP contribution in [0, 0.1) is 11.6 Å². The van der Waals surface area contributed by atoms with Gasteiger partial charge in [0.2, 0.25) is 10.0 Å². The Morgan fingerprint density at radius 1 is 0.982 bits per heavy atom. The highest BCUT2D eigenvalue weighted by Crippen LogP contribution is 2.33. The van der Waals surface area contributed by atoms with Crippen LogP contribution in [-0.4, -0.2) is 69.4 Å². The Morgan fingerprint density at radius 2 is 1.64 bits per heavy atom. The molecule has 0 unspecified atom stereocenters. The second kappa shape index (κ2) is 17.5. The summed E-state index contributed by atoms with van der Waals surface area (Å²) >= 11 is 6.12. The van der Waals surface area contributed by atoms with Gasteiger partial charge in [0.05, 0.1) is 23.7 Å². The summed E-state index contributed by atoms with van der Waals surface area (Å²) < 4.78 is 106. The minimum absolute atomic E-state index is 0.00695. The van der Waals surface area contributed by atoms with E-state index in [0.29, 0.717) is 21.0 Å². The molecule has 0 saturated carbocycles. The van der Waals surface area contributed by atoms with Gasteiger partial charge in [-0.2, -0.15) is 4.31 Å². The Kier molecular flexibility index (Phi) is 13.2. The minimum atomic E-state index is -4.97. The zero-order valence-electron chi connectivity index (χ0n) is 29.6. The summed E-state index contributed by atoms with van der Waals surface area (Å²) in [5.41, 5.74) is 7.61. The van der Waals surface area contributed by atoms with Gasteiger partial charge in [-0.15, -0.1) is 13.2 Å². The lowest BCUT2D eigenvalue weighted by atomic mass is 9.85. The van der Waals surface area contributed by atoms with Crippen LogP contribution in [0.5, 0.6) is 5.75 Å². The molecule has 0 spiro atoms. The molecule has 5 rings (SSSR count). The molecule has 2 amide bonds. The molecule has 3 N–H and O–H groups in total. The van der Waals surface area contributed by atoms with Crippen molar-refractivity contribution in [1.29, 1.82) is 0 Å². The molecule has 4 aromatic rings. The summed E-state index contributed by atoms with van der Waals surface area (Å²) in [5, 5.41) is 3.57. The Hall–Kier alpha value is -4.61. The average Bonchev–Trinajstić information content (AvgIpc) is 3.14. The number of amides is 2. The number of sulfonamides is 1. The van der Waals surface area contributed by atoms with Crippen molar-refractivity contribution in [3.05, 3.63) is 124 Å². The molecular formula is C38H38ClF5N4O6S. The van der Waals surface area contributed by atoms with Gasteiger partial charge in [0, 0.05) is 41.7 Å². The summed E-state index contributed by atoms with van der Waals surface area (Å²) in [6.45, 7) is 2.04. The third-order valence-corrected chi connectivity index (χ3v) is 11.6. The molecule has 294 valence electrons. The molecule has 1 aliphatic rings. The van der Waals surface area contributed by atoms with Crippen LogP contribution in [-0.2, 0) is 32.4 Å². The van der Waals surface area contributed by atoms with Crippen LogP contribution < -0.4 is 20.7 Å². The van der Waals surface area contributed by atoms with Crippen LogP contribution in [0.15, 0.2) is 95.9 Å². The van der Waals surface area contributed by atoms with E-state index in [1.165, 1.54) is 28.6 Å². The number of hydrogen-bond donors (Lipinski definition) is 2. The number of imide groups is 1. The lowest BCUT2D eigenvalue weighted by Gasteiger charge is -2.40. The number of nitrogens with two attached hydrogens (primary N) is 1. The van der Waals surface area contributed by atoms with Gasteiger partial charge in [0.25, 0.3) is 5.91 Å². The molecule has 0 bridgehead atoms. The molecule has 4 atom stereocenters. The maximum atomic E-state index is 15.8. The van der Waals surface area contributed by atoms with Crippen LogP contribution in [0.2, 0.25) is 5.02 Å². The van der Waals surface area contributed by atoms with E-state index >= 15 is 4.39 Å². The summed E-state index contributed by atoms with van der Waals surface area (Å²) in [4.78, 5) is 28.1.